The molecule has 152 valence electrons. The summed E-state index contributed by atoms with van der Waals surface area (Å²) in [6.45, 7) is 8.36. The van der Waals surface area contributed by atoms with Gasteiger partial charge in [0.1, 0.15) is 11.6 Å². The van der Waals surface area contributed by atoms with E-state index in [-0.39, 0.29) is 24.1 Å². The maximum atomic E-state index is 14.1. The Hall–Kier alpha value is -2.41. The van der Waals surface area contributed by atoms with Crippen LogP contribution < -0.4 is 5.73 Å². The first-order valence-corrected chi connectivity index (χ1v) is 9.58. The van der Waals surface area contributed by atoms with Crippen molar-refractivity contribution in [3.8, 4) is 0 Å². The Bertz CT molecular complexity index is 824. The summed E-state index contributed by atoms with van der Waals surface area (Å²) in [5.41, 5.74) is 7.93. The van der Waals surface area contributed by atoms with Crippen LogP contribution in [0.2, 0.25) is 0 Å². The third kappa shape index (κ3) is 5.55. The van der Waals surface area contributed by atoms with Gasteiger partial charge in [-0.2, -0.15) is 10.2 Å². The fourth-order valence-corrected chi connectivity index (χ4v) is 2.99. The average Bonchev–Trinajstić information content (AvgIpc) is 2.63. The summed E-state index contributed by atoms with van der Waals surface area (Å²) in [6, 6.07) is 4.57. The monoisotopic (exact) mass is 390 g/mol. The van der Waals surface area contributed by atoms with Crippen molar-refractivity contribution in [1.29, 1.82) is 0 Å². The number of nitrogens with two attached hydrogens (primary N) is 1. The Labute approximate surface area is 165 Å². The fourth-order valence-electron chi connectivity index (χ4n) is 2.99. The predicted molar refractivity (Wildman–Crippen MR) is 105 cm³/mol. The molecule has 0 bridgehead atoms. The summed E-state index contributed by atoms with van der Waals surface area (Å²) in [5, 5.41) is 8.46. The Balaban J connectivity index is 2.39. The number of hydrogen-bond acceptors (Lipinski definition) is 4. The smallest absolute Gasteiger partial charge is 0.257 e. The quantitative estimate of drug-likeness (QED) is 0.739. The lowest BCUT2D eigenvalue weighted by atomic mass is 10.0. The van der Waals surface area contributed by atoms with E-state index in [0.717, 1.165) is 36.6 Å². The predicted octanol–water partition coefficient (Wildman–Crippen LogP) is 4.03. The van der Waals surface area contributed by atoms with Gasteiger partial charge in [-0.05, 0) is 49.1 Å². The van der Waals surface area contributed by atoms with Crippen molar-refractivity contribution < 1.29 is 13.6 Å². The van der Waals surface area contributed by atoms with Crippen LogP contribution >= 0.6 is 0 Å². The molecule has 1 aromatic heterocycles. The second kappa shape index (κ2) is 9.68. The molecule has 0 saturated carbocycles. The molecule has 2 N–H and O–H groups in total. The molecule has 1 unspecified atom stereocenters. The van der Waals surface area contributed by atoms with Crippen LogP contribution in [0.1, 0.15) is 67.5 Å². The van der Waals surface area contributed by atoms with Gasteiger partial charge in [0.2, 0.25) is 0 Å². The molecule has 0 fully saturated rings. The minimum Gasteiger partial charge on any atom is -0.332 e. The van der Waals surface area contributed by atoms with Crippen molar-refractivity contribution in [2.75, 3.05) is 6.54 Å². The molecule has 0 aliphatic carbocycles. The largest absolute Gasteiger partial charge is 0.332 e. The first-order chi connectivity index (χ1) is 13.2. The number of rotatable bonds is 8. The highest BCUT2D eigenvalue weighted by molar-refractivity contribution is 5.94. The lowest BCUT2D eigenvalue weighted by Crippen LogP contribution is -2.35. The first kappa shape index (κ1) is 21.9. The van der Waals surface area contributed by atoms with Crippen molar-refractivity contribution in [3.63, 3.8) is 0 Å². The Morgan fingerprint density at radius 3 is 2.50 bits per heavy atom. The molecule has 1 atom stereocenters. The second-order valence-electron chi connectivity index (χ2n) is 7.48. The van der Waals surface area contributed by atoms with Gasteiger partial charge < -0.3 is 10.6 Å². The van der Waals surface area contributed by atoms with E-state index in [0.29, 0.717) is 17.9 Å². The third-order valence-corrected chi connectivity index (χ3v) is 4.34. The van der Waals surface area contributed by atoms with E-state index in [9.17, 15) is 13.6 Å². The van der Waals surface area contributed by atoms with Crippen LogP contribution in [0.3, 0.4) is 0 Å². The zero-order valence-corrected chi connectivity index (χ0v) is 16.9. The summed E-state index contributed by atoms with van der Waals surface area (Å²) < 4.78 is 27.7. The van der Waals surface area contributed by atoms with Gasteiger partial charge in [-0.3, -0.25) is 4.79 Å². The third-order valence-electron chi connectivity index (χ3n) is 4.34. The molecule has 7 heteroatoms. The van der Waals surface area contributed by atoms with Crippen LogP contribution in [0.4, 0.5) is 8.78 Å². The fraction of sp³-hybridized carbons (Fsp3) is 0.476. The van der Waals surface area contributed by atoms with E-state index < -0.39 is 17.5 Å². The molecule has 0 saturated heterocycles. The van der Waals surface area contributed by atoms with Gasteiger partial charge in [0.25, 0.3) is 5.91 Å². The normalized spacial score (nSPS) is 12.3. The van der Waals surface area contributed by atoms with Gasteiger partial charge in [0.05, 0.1) is 23.5 Å². The first-order valence-electron chi connectivity index (χ1n) is 9.58. The van der Waals surface area contributed by atoms with Crippen LogP contribution in [-0.4, -0.2) is 27.5 Å². The van der Waals surface area contributed by atoms with E-state index in [1.54, 1.807) is 0 Å². The van der Waals surface area contributed by atoms with Gasteiger partial charge in [0, 0.05) is 12.6 Å². The molecule has 28 heavy (non-hydrogen) atoms. The molecule has 0 aliphatic rings. The van der Waals surface area contributed by atoms with E-state index in [1.807, 2.05) is 26.8 Å². The summed E-state index contributed by atoms with van der Waals surface area (Å²) in [6.07, 6.45) is 1.66. The average molecular weight is 390 g/mol. The number of hydrogen-bond donors (Lipinski definition) is 1. The molecule has 1 amide bonds. The highest BCUT2D eigenvalue weighted by Gasteiger charge is 2.23. The number of halogens is 2. The van der Waals surface area contributed by atoms with Crippen LogP contribution in [-0.2, 0) is 13.0 Å². The van der Waals surface area contributed by atoms with E-state index >= 15 is 0 Å². The van der Waals surface area contributed by atoms with E-state index in [2.05, 4.69) is 17.1 Å². The van der Waals surface area contributed by atoms with Crippen LogP contribution in [0.5, 0.6) is 0 Å². The number of carbonyl (C=O) groups excluding carboxylic acids is 1. The number of carbonyl (C=O) groups is 1. The van der Waals surface area contributed by atoms with Crippen molar-refractivity contribution >= 4 is 5.91 Å². The molecule has 5 nitrogen and oxygen atoms in total. The zero-order valence-electron chi connectivity index (χ0n) is 16.9. The van der Waals surface area contributed by atoms with E-state index in [4.69, 9.17) is 5.73 Å². The van der Waals surface area contributed by atoms with Crippen molar-refractivity contribution in [2.45, 2.75) is 53.1 Å². The SMILES string of the molecule is CCCc1cc(C(C)N)nnc1CN(CC(C)C)C(=O)c1cc(F)ccc1F. The summed E-state index contributed by atoms with van der Waals surface area (Å²) in [7, 11) is 0. The number of nitrogens with zero attached hydrogens (tertiary/aromatic N) is 3. The van der Waals surface area contributed by atoms with Crippen LogP contribution in [0.25, 0.3) is 0 Å². The molecule has 0 radical (unpaired) electrons. The molecule has 1 aromatic carbocycles. The summed E-state index contributed by atoms with van der Waals surface area (Å²) >= 11 is 0. The zero-order chi connectivity index (χ0) is 20.8. The standard InChI is InChI=1S/C21H28F2N4O/c1-5-6-15-9-19(14(4)24)25-26-20(15)12-27(11-13(2)3)21(28)17-10-16(22)7-8-18(17)23/h7-10,13-14H,5-6,11-12,24H2,1-4H3. The van der Waals surface area contributed by atoms with Gasteiger partial charge in [-0.15, -0.1) is 0 Å². The van der Waals surface area contributed by atoms with Gasteiger partial charge >= 0.3 is 0 Å². The van der Waals surface area contributed by atoms with Crippen LogP contribution in [0.15, 0.2) is 24.3 Å². The second-order valence-corrected chi connectivity index (χ2v) is 7.48. The molecule has 0 aliphatic heterocycles. The number of amides is 1. The minimum absolute atomic E-state index is 0.145. The van der Waals surface area contributed by atoms with Gasteiger partial charge in [-0.25, -0.2) is 8.78 Å². The number of aromatic nitrogens is 2. The molecule has 2 aromatic rings. The topological polar surface area (TPSA) is 72.1 Å². The molecular formula is C21H28F2N4O. The minimum atomic E-state index is -0.743. The van der Waals surface area contributed by atoms with Crippen molar-refractivity contribution in [1.82, 2.24) is 15.1 Å². The summed E-state index contributed by atoms with van der Waals surface area (Å²) in [5.74, 6) is -1.81. The molecule has 1 heterocycles. The van der Waals surface area contributed by atoms with Crippen LogP contribution in [0, 0.1) is 17.6 Å². The maximum Gasteiger partial charge on any atom is 0.257 e. The number of aryl methyl sites for hydroxylation is 1. The van der Waals surface area contributed by atoms with E-state index in [1.165, 1.54) is 4.90 Å². The maximum absolute atomic E-state index is 14.1. The van der Waals surface area contributed by atoms with Gasteiger partial charge in [0.15, 0.2) is 0 Å². The molecule has 0 spiro atoms. The Kier molecular flexibility index (Phi) is 7.57. The van der Waals surface area contributed by atoms with Crippen molar-refractivity contribution in [3.05, 3.63) is 58.4 Å². The molecular weight excluding hydrogens is 362 g/mol. The Morgan fingerprint density at radius 1 is 1.18 bits per heavy atom. The molecule has 2 rings (SSSR count). The highest BCUT2D eigenvalue weighted by Crippen LogP contribution is 2.19. The lowest BCUT2D eigenvalue weighted by molar-refractivity contribution is 0.0714. The Morgan fingerprint density at radius 2 is 1.89 bits per heavy atom. The van der Waals surface area contributed by atoms with Crippen molar-refractivity contribution in [2.24, 2.45) is 11.7 Å². The number of benzene rings is 1. The highest BCUT2D eigenvalue weighted by atomic mass is 19.1. The lowest BCUT2D eigenvalue weighted by Gasteiger charge is -2.25. The summed E-state index contributed by atoms with van der Waals surface area (Å²) in [4.78, 5) is 14.5. The van der Waals surface area contributed by atoms with Gasteiger partial charge in [-0.1, -0.05) is 27.2 Å².